The number of aromatic nitrogens is 1. The van der Waals surface area contributed by atoms with Crippen LogP contribution in [0.25, 0.3) is 0 Å². The molecule has 1 aromatic heterocycles. The van der Waals surface area contributed by atoms with Crippen LogP contribution in [0.4, 0.5) is 11.5 Å². The second kappa shape index (κ2) is 2.51. The molecule has 0 aliphatic rings. The first-order valence-electron chi connectivity index (χ1n) is 3.11. The maximum Gasteiger partial charge on any atom is 0.162 e. The number of nitrogens with two attached hydrogens (primary N) is 2. The highest BCUT2D eigenvalue weighted by Crippen LogP contribution is 2.12. The molecular weight excluding hydrogens is 130 g/mol. The molecule has 0 amide bonds. The molecule has 0 saturated carbocycles. The zero-order valence-electron chi connectivity index (χ0n) is 5.87. The first-order valence-corrected chi connectivity index (χ1v) is 3.11. The molecule has 4 nitrogen and oxygen atoms in total. The number of rotatable bonds is 2. The topological polar surface area (TPSA) is 66.2 Å². The Hall–Kier alpha value is -1.32. The lowest BCUT2D eigenvalue weighted by Crippen LogP contribution is -2.12. The van der Waals surface area contributed by atoms with Crippen LogP contribution in [0.1, 0.15) is 6.92 Å². The minimum Gasteiger partial charge on any atom is -0.413 e. The third-order valence-corrected chi connectivity index (χ3v) is 1.19. The molecule has 4 N–H and O–H groups in total. The summed E-state index contributed by atoms with van der Waals surface area (Å²) in [5.41, 5.74) is 11.5. The van der Waals surface area contributed by atoms with E-state index in [1.54, 1.807) is 12.3 Å². The summed E-state index contributed by atoms with van der Waals surface area (Å²) in [6, 6.07) is 1.70. The third-order valence-electron chi connectivity index (χ3n) is 1.19. The van der Waals surface area contributed by atoms with Gasteiger partial charge in [-0.1, -0.05) is 0 Å². The van der Waals surface area contributed by atoms with Crippen LogP contribution >= 0.6 is 0 Å². The van der Waals surface area contributed by atoms with Crippen molar-refractivity contribution in [3.05, 3.63) is 12.3 Å². The van der Waals surface area contributed by atoms with Crippen molar-refractivity contribution in [2.24, 2.45) is 0 Å². The van der Waals surface area contributed by atoms with Crippen molar-refractivity contribution in [1.82, 2.24) is 4.73 Å². The smallest absolute Gasteiger partial charge is 0.162 e. The highest BCUT2D eigenvalue weighted by atomic mass is 16.7. The summed E-state index contributed by atoms with van der Waals surface area (Å²) in [5, 5.41) is 0. The lowest BCUT2D eigenvalue weighted by Gasteiger charge is -2.04. The molecule has 0 unspecified atom stereocenters. The molecular formula is C6H11N3O. The van der Waals surface area contributed by atoms with Gasteiger partial charge in [-0.15, -0.1) is 0 Å². The first kappa shape index (κ1) is 6.80. The average Bonchev–Trinajstić information content (AvgIpc) is 2.20. The molecule has 1 rings (SSSR count). The van der Waals surface area contributed by atoms with Crippen LogP contribution in [0.2, 0.25) is 0 Å². The van der Waals surface area contributed by atoms with Gasteiger partial charge in [-0.3, -0.25) is 0 Å². The molecule has 1 heterocycles. The van der Waals surface area contributed by atoms with Gasteiger partial charge in [0.15, 0.2) is 5.82 Å². The van der Waals surface area contributed by atoms with Crippen LogP contribution < -0.4 is 16.3 Å². The Morgan fingerprint density at radius 3 is 2.70 bits per heavy atom. The Morgan fingerprint density at radius 2 is 2.30 bits per heavy atom. The molecule has 0 radical (unpaired) electrons. The van der Waals surface area contributed by atoms with E-state index in [1.165, 1.54) is 4.73 Å². The van der Waals surface area contributed by atoms with E-state index < -0.39 is 0 Å². The van der Waals surface area contributed by atoms with Crippen molar-refractivity contribution < 1.29 is 4.84 Å². The Bertz CT molecular complexity index is 219. The summed E-state index contributed by atoms with van der Waals surface area (Å²) < 4.78 is 1.45. The summed E-state index contributed by atoms with van der Waals surface area (Å²) in [6.07, 6.45) is 1.69. The summed E-state index contributed by atoms with van der Waals surface area (Å²) in [7, 11) is 0. The highest BCUT2D eigenvalue weighted by molar-refractivity contribution is 5.58. The molecule has 0 aliphatic heterocycles. The Balaban J connectivity index is 2.83. The molecule has 0 fully saturated rings. The molecule has 0 bridgehead atoms. The number of nitrogen functional groups attached to an aromatic ring is 2. The lowest BCUT2D eigenvalue weighted by atomic mass is 10.5. The van der Waals surface area contributed by atoms with E-state index in [4.69, 9.17) is 16.3 Å². The second-order valence-electron chi connectivity index (χ2n) is 1.90. The fraction of sp³-hybridized carbons (Fsp3) is 0.333. The highest BCUT2D eigenvalue weighted by Gasteiger charge is 1.99. The summed E-state index contributed by atoms with van der Waals surface area (Å²) >= 11 is 0. The molecule has 56 valence electrons. The fourth-order valence-electron chi connectivity index (χ4n) is 0.693. The fourth-order valence-corrected chi connectivity index (χ4v) is 0.693. The van der Waals surface area contributed by atoms with Gasteiger partial charge in [0.1, 0.15) is 6.61 Å². The van der Waals surface area contributed by atoms with Crippen molar-refractivity contribution in [2.45, 2.75) is 6.92 Å². The summed E-state index contributed by atoms with van der Waals surface area (Å²) in [5.74, 6) is 0.460. The minimum atomic E-state index is 0.460. The zero-order valence-corrected chi connectivity index (χ0v) is 5.87. The average molecular weight is 141 g/mol. The molecule has 4 heteroatoms. The van der Waals surface area contributed by atoms with Crippen LogP contribution in [0.5, 0.6) is 0 Å². The van der Waals surface area contributed by atoms with Crippen LogP contribution in [0.15, 0.2) is 12.3 Å². The van der Waals surface area contributed by atoms with E-state index in [2.05, 4.69) is 0 Å². The maximum absolute atomic E-state index is 5.50. The molecule has 10 heavy (non-hydrogen) atoms. The van der Waals surface area contributed by atoms with Crippen LogP contribution in [0, 0.1) is 0 Å². The van der Waals surface area contributed by atoms with Crippen molar-refractivity contribution in [2.75, 3.05) is 18.1 Å². The van der Waals surface area contributed by atoms with Crippen molar-refractivity contribution in [1.29, 1.82) is 0 Å². The van der Waals surface area contributed by atoms with E-state index in [0.717, 1.165) is 0 Å². The Kier molecular flexibility index (Phi) is 1.71. The van der Waals surface area contributed by atoms with Crippen molar-refractivity contribution in [3.63, 3.8) is 0 Å². The summed E-state index contributed by atoms with van der Waals surface area (Å²) in [6.45, 7) is 2.47. The first-order chi connectivity index (χ1) is 4.75. The normalized spacial score (nSPS) is 9.70. The van der Waals surface area contributed by atoms with E-state index in [1.807, 2.05) is 6.92 Å². The van der Waals surface area contributed by atoms with Crippen LogP contribution in [-0.4, -0.2) is 11.3 Å². The van der Waals surface area contributed by atoms with Gasteiger partial charge in [-0.05, 0) is 13.0 Å². The van der Waals surface area contributed by atoms with Gasteiger partial charge < -0.3 is 16.3 Å². The number of hydrogen-bond donors (Lipinski definition) is 2. The maximum atomic E-state index is 5.50. The predicted molar refractivity (Wildman–Crippen MR) is 40.4 cm³/mol. The van der Waals surface area contributed by atoms with Crippen molar-refractivity contribution >= 4 is 11.5 Å². The van der Waals surface area contributed by atoms with E-state index in [-0.39, 0.29) is 0 Å². The molecule has 0 atom stereocenters. The van der Waals surface area contributed by atoms with Gasteiger partial charge in [0.2, 0.25) is 0 Å². The summed E-state index contributed by atoms with van der Waals surface area (Å²) in [4.78, 5) is 5.07. The molecule has 1 aromatic rings. The SMILES string of the molecule is CCOn1ccc(N)c1N. The van der Waals surface area contributed by atoms with E-state index >= 15 is 0 Å². The lowest BCUT2D eigenvalue weighted by molar-refractivity contribution is 0.128. The van der Waals surface area contributed by atoms with Gasteiger partial charge in [0.05, 0.1) is 5.69 Å². The van der Waals surface area contributed by atoms with Gasteiger partial charge in [-0.25, -0.2) is 0 Å². The Morgan fingerprint density at radius 1 is 1.60 bits per heavy atom. The van der Waals surface area contributed by atoms with Crippen LogP contribution in [0.3, 0.4) is 0 Å². The van der Waals surface area contributed by atoms with Crippen molar-refractivity contribution in [3.8, 4) is 0 Å². The quantitative estimate of drug-likeness (QED) is 0.614. The largest absolute Gasteiger partial charge is 0.413 e. The van der Waals surface area contributed by atoms with Gasteiger partial charge in [0.25, 0.3) is 0 Å². The number of nitrogens with zero attached hydrogens (tertiary/aromatic N) is 1. The van der Waals surface area contributed by atoms with Gasteiger partial charge in [-0.2, -0.15) is 4.73 Å². The number of hydrogen-bond acceptors (Lipinski definition) is 3. The Labute approximate surface area is 59.3 Å². The van der Waals surface area contributed by atoms with E-state index in [0.29, 0.717) is 18.1 Å². The molecule has 0 saturated heterocycles. The zero-order chi connectivity index (χ0) is 7.56. The third kappa shape index (κ3) is 1.00. The standard InChI is InChI=1S/C6H11N3O/c1-2-10-9-4-3-5(7)6(9)8/h3-4H,2,7-8H2,1H3. The predicted octanol–water partition coefficient (Wildman–Crippen LogP) is 0.101. The molecule has 0 spiro atoms. The molecule has 0 aromatic carbocycles. The molecule has 0 aliphatic carbocycles. The monoisotopic (exact) mass is 141 g/mol. The van der Waals surface area contributed by atoms with E-state index in [9.17, 15) is 0 Å². The van der Waals surface area contributed by atoms with Gasteiger partial charge >= 0.3 is 0 Å². The number of anilines is 2. The van der Waals surface area contributed by atoms with Gasteiger partial charge in [0, 0.05) is 6.20 Å². The second-order valence-corrected chi connectivity index (χ2v) is 1.90. The van der Waals surface area contributed by atoms with Crippen LogP contribution in [-0.2, 0) is 0 Å². The minimum absolute atomic E-state index is 0.460.